The molecule has 6 heteroatoms. The summed E-state index contributed by atoms with van der Waals surface area (Å²) in [5.41, 5.74) is 0.0564. The summed E-state index contributed by atoms with van der Waals surface area (Å²) in [6, 6.07) is 5.83. The molecule has 0 radical (unpaired) electrons. The number of hydrogen-bond acceptors (Lipinski definition) is 4. The normalized spacial score (nSPS) is 19.1. The standard InChI is InChI=1S/C14H22N2O3S/c1-14(2,3)15-7-9-16(10-8-15)20(18,19)13-6-4-5-12(17)11-13/h4-6,11,17H,7-10H2,1-3H3. The van der Waals surface area contributed by atoms with E-state index < -0.39 is 10.0 Å². The summed E-state index contributed by atoms with van der Waals surface area (Å²) < 4.78 is 26.5. The van der Waals surface area contributed by atoms with E-state index in [0.717, 1.165) is 13.1 Å². The average molecular weight is 298 g/mol. The quantitative estimate of drug-likeness (QED) is 0.899. The third kappa shape index (κ3) is 3.13. The predicted molar refractivity (Wildman–Crippen MR) is 78.2 cm³/mol. The Morgan fingerprint density at radius 1 is 1.10 bits per heavy atom. The number of phenolic OH excluding ortho intramolecular Hbond substituents is 1. The van der Waals surface area contributed by atoms with Crippen LogP contribution in [0.4, 0.5) is 0 Å². The minimum absolute atomic E-state index is 0.0283. The number of piperazine rings is 1. The molecule has 1 heterocycles. The number of rotatable bonds is 2. The van der Waals surface area contributed by atoms with Crippen molar-refractivity contribution in [2.75, 3.05) is 26.2 Å². The largest absolute Gasteiger partial charge is 0.508 e. The maximum absolute atomic E-state index is 12.5. The van der Waals surface area contributed by atoms with Gasteiger partial charge in [-0.25, -0.2) is 8.42 Å². The van der Waals surface area contributed by atoms with Crippen molar-refractivity contribution in [3.63, 3.8) is 0 Å². The molecule has 0 atom stereocenters. The molecule has 0 saturated carbocycles. The summed E-state index contributed by atoms with van der Waals surface area (Å²) in [4.78, 5) is 2.43. The molecule has 0 spiro atoms. The van der Waals surface area contributed by atoms with Gasteiger partial charge in [0.2, 0.25) is 10.0 Å². The lowest BCUT2D eigenvalue weighted by molar-refractivity contribution is 0.0922. The van der Waals surface area contributed by atoms with Gasteiger partial charge in [0.05, 0.1) is 4.90 Å². The number of benzene rings is 1. The fraction of sp³-hybridized carbons (Fsp3) is 0.571. The second-order valence-electron chi connectivity index (χ2n) is 6.06. The van der Waals surface area contributed by atoms with Gasteiger partial charge in [-0.3, -0.25) is 4.90 Å². The summed E-state index contributed by atoms with van der Waals surface area (Å²) >= 11 is 0. The van der Waals surface area contributed by atoms with Gasteiger partial charge in [0.25, 0.3) is 0 Å². The Bertz CT molecular complexity index is 570. The van der Waals surface area contributed by atoms with Gasteiger partial charge in [0.1, 0.15) is 5.75 Å². The number of phenols is 1. The van der Waals surface area contributed by atoms with E-state index in [1.54, 1.807) is 6.07 Å². The van der Waals surface area contributed by atoms with E-state index >= 15 is 0 Å². The molecule has 0 bridgehead atoms. The van der Waals surface area contributed by atoms with Crippen LogP contribution in [0.15, 0.2) is 29.2 Å². The first-order valence-electron chi connectivity index (χ1n) is 6.75. The molecular weight excluding hydrogens is 276 g/mol. The van der Waals surface area contributed by atoms with Crippen LogP contribution in [-0.4, -0.2) is 54.4 Å². The zero-order valence-electron chi connectivity index (χ0n) is 12.2. The molecule has 1 saturated heterocycles. The van der Waals surface area contributed by atoms with Crippen molar-refractivity contribution in [3.8, 4) is 5.75 Å². The first-order chi connectivity index (χ1) is 9.21. The third-order valence-electron chi connectivity index (χ3n) is 3.64. The minimum atomic E-state index is -3.51. The van der Waals surface area contributed by atoms with Crippen molar-refractivity contribution in [1.29, 1.82) is 0 Å². The van der Waals surface area contributed by atoms with Gasteiger partial charge in [0.15, 0.2) is 0 Å². The molecular formula is C14H22N2O3S. The van der Waals surface area contributed by atoms with Gasteiger partial charge in [-0.15, -0.1) is 0 Å². The van der Waals surface area contributed by atoms with Crippen molar-refractivity contribution in [3.05, 3.63) is 24.3 Å². The zero-order valence-corrected chi connectivity index (χ0v) is 13.0. The molecule has 5 nitrogen and oxygen atoms in total. The molecule has 1 N–H and O–H groups in total. The molecule has 1 fully saturated rings. The van der Waals surface area contributed by atoms with Crippen LogP contribution in [0.2, 0.25) is 0 Å². The molecule has 0 aliphatic carbocycles. The van der Waals surface area contributed by atoms with E-state index in [0.29, 0.717) is 13.1 Å². The summed E-state index contributed by atoms with van der Waals surface area (Å²) in [5, 5.41) is 9.43. The van der Waals surface area contributed by atoms with Gasteiger partial charge in [-0.05, 0) is 39.0 Å². The topological polar surface area (TPSA) is 60.9 Å². The summed E-state index contributed by atoms with van der Waals surface area (Å²) in [5.74, 6) is -0.0283. The monoisotopic (exact) mass is 298 g/mol. The Labute approximate surface area is 120 Å². The zero-order chi connectivity index (χ0) is 15.0. The fourth-order valence-corrected chi connectivity index (χ4v) is 3.85. The van der Waals surface area contributed by atoms with Crippen molar-refractivity contribution in [1.82, 2.24) is 9.21 Å². The smallest absolute Gasteiger partial charge is 0.243 e. The SMILES string of the molecule is CC(C)(C)N1CCN(S(=O)(=O)c2cccc(O)c2)CC1. The molecule has 1 aliphatic rings. The van der Waals surface area contributed by atoms with Crippen LogP contribution < -0.4 is 0 Å². The fourth-order valence-electron chi connectivity index (χ4n) is 2.39. The Morgan fingerprint density at radius 3 is 2.20 bits per heavy atom. The van der Waals surface area contributed by atoms with Crippen LogP contribution in [0.25, 0.3) is 0 Å². The first-order valence-corrected chi connectivity index (χ1v) is 8.19. The average Bonchev–Trinajstić information content (AvgIpc) is 2.38. The molecule has 0 amide bonds. The van der Waals surface area contributed by atoms with Gasteiger partial charge in [-0.2, -0.15) is 4.31 Å². The maximum Gasteiger partial charge on any atom is 0.243 e. The lowest BCUT2D eigenvalue weighted by atomic mass is 10.1. The van der Waals surface area contributed by atoms with Crippen LogP contribution in [-0.2, 0) is 10.0 Å². The first kappa shape index (κ1) is 15.3. The number of nitrogens with zero attached hydrogens (tertiary/aromatic N) is 2. The highest BCUT2D eigenvalue weighted by Gasteiger charge is 2.32. The molecule has 2 rings (SSSR count). The van der Waals surface area contributed by atoms with Crippen LogP contribution in [0.1, 0.15) is 20.8 Å². The summed E-state index contributed by atoms with van der Waals surface area (Å²) in [7, 11) is -3.51. The van der Waals surface area contributed by atoms with E-state index in [1.165, 1.54) is 22.5 Å². The van der Waals surface area contributed by atoms with E-state index in [4.69, 9.17) is 0 Å². The van der Waals surface area contributed by atoms with Gasteiger partial charge in [0, 0.05) is 31.7 Å². The van der Waals surface area contributed by atoms with E-state index in [-0.39, 0.29) is 16.2 Å². The molecule has 1 aromatic rings. The second kappa shape index (κ2) is 5.35. The van der Waals surface area contributed by atoms with Crippen LogP contribution in [0, 0.1) is 0 Å². The number of sulfonamides is 1. The molecule has 20 heavy (non-hydrogen) atoms. The Morgan fingerprint density at radius 2 is 1.70 bits per heavy atom. The second-order valence-corrected chi connectivity index (χ2v) is 8.00. The minimum Gasteiger partial charge on any atom is -0.508 e. The number of aromatic hydroxyl groups is 1. The van der Waals surface area contributed by atoms with Crippen LogP contribution in [0.3, 0.4) is 0 Å². The predicted octanol–water partition coefficient (Wildman–Crippen LogP) is 1.50. The Balaban J connectivity index is 2.14. The maximum atomic E-state index is 12.5. The summed E-state index contributed by atoms with van der Waals surface area (Å²) in [6.45, 7) is 8.80. The molecule has 112 valence electrons. The molecule has 1 aromatic carbocycles. The third-order valence-corrected chi connectivity index (χ3v) is 5.54. The lowest BCUT2D eigenvalue weighted by Gasteiger charge is -2.41. The van der Waals surface area contributed by atoms with Crippen molar-refractivity contribution in [2.45, 2.75) is 31.2 Å². The molecule has 1 aliphatic heterocycles. The van der Waals surface area contributed by atoms with Crippen molar-refractivity contribution < 1.29 is 13.5 Å². The number of hydrogen-bond donors (Lipinski definition) is 1. The summed E-state index contributed by atoms with van der Waals surface area (Å²) in [6.07, 6.45) is 0. The van der Waals surface area contributed by atoms with E-state index in [1.807, 2.05) is 0 Å². The van der Waals surface area contributed by atoms with E-state index in [9.17, 15) is 13.5 Å². The van der Waals surface area contributed by atoms with Gasteiger partial charge >= 0.3 is 0 Å². The lowest BCUT2D eigenvalue weighted by Crippen LogP contribution is -2.54. The highest BCUT2D eigenvalue weighted by molar-refractivity contribution is 7.89. The van der Waals surface area contributed by atoms with Crippen LogP contribution in [0.5, 0.6) is 5.75 Å². The highest BCUT2D eigenvalue weighted by atomic mass is 32.2. The Hall–Kier alpha value is -1.11. The van der Waals surface area contributed by atoms with Gasteiger partial charge in [-0.1, -0.05) is 6.07 Å². The molecule has 0 aromatic heterocycles. The van der Waals surface area contributed by atoms with Crippen molar-refractivity contribution in [2.24, 2.45) is 0 Å². The van der Waals surface area contributed by atoms with Crippen LogP contribution >= 0.6 is 0 Å². The molecule has 0 unspecified atom stereocenters. The van der Waals surface area contributed by atoms with Crippen molar-refractivity contribution >= 4 is 10.0 Å². The Kier molecular flexibility index (Phi) is 4.09. The van der Waals surface area contributed by atoms with Gasteiger partial charge < -0.3 is 5.11 Å². The van der Waals surface area contributed by atoms with E-state index in [2.05, 4.69) is 25.7 Å². The highest BCUT2D eigenvalue weighted by Crippen LogP contribution is 2.23.